The maximum atomic E-state index is 13.1. The third-order valence-corrected chi connectivity index (χ3v) is 2.75. The van der Waals surface area contributed by atoms with E-state index in [9.17, 15) is 19.3 Å². The largest absolute Gasteiger partial charge is 0.305 e. The molecule has 8 heteroatoms. The average molecular weight is 267 g/mol. The highest BCUT2D eigenvalue weighted by molar-refractivity contribution is 7.13. The fraction of sp³-hybridized carbons (Fsp3) is 0. The molecule has 18 heavy (non-hydrogen) atoms. The lowest BCUT2D eigenvalue weighted by atomic mass is 10.2. The Morgan fingerprint density at radius 2 is 2.28 bits per heavy atom. The molecule has 0 spiro atoms. The number of amides is 1. The fourth-order valence-corrected chi connectivity index (χ4v) is 1.77. The van der Waals surface area contributed by atoms with Crippen molar-refractivity contribution < 1.29 is 14.1 Å². The van der Waals surface area contributed by atoms with E-state index in [1.807, 2.05) is 0 Å². The number of hydrogen-bond donors (Lipinski definition) is 1. The number of carbonyl (C=O) groups excluding carboxylic acids is 1. The predicted molar refractivity (Wildman–Crippen MR) is 63.1 cm³/mol. The average Bonchev–Trinajstić information content (AvgIpc) is 2.81. The minimum absolute atomic E-state index is 0.00157. The van der Waals surface area contributed by atoms with Crippen LogP contribution in [0.15, 0.2) is 29.8 Å². The van der Waals surface area contributed by atoms with Crippen molar-refractivity contribution in [2.24, 2.45) is 0 Å². The number of aromatic nitrogens is 1. The summed E-state index contributed by atoms with van der Waals surface area (Å²) in [6.45, 7) is 0. The highest BCUT2D eigenvalue weighted by atomic mass is 32.1. The Kier molecular flexibility index (Phi) is 3.28. The Labute approximate surface area is 104 Å². The summed E-state index contributed by atoms with van der Waals surface area (Å²) in [7, 11) is 0. The van der Waals surface area contributed by atoms with Gasteiger partial charge in [0.2, 0.25) is 5.82 Å². The first kappa shape index (κ1) is 12.1. The van der Waals surface area contributed by atoms with Gasteiger partial charge in [0.15, 0.2) is 5.13 Å². The van der Waals surface area contributed by atoms with Gasteiger partial charge in [0.05, 0.1) is 4.92 Å². The lowest BCUT2D eigenvalue weighted by Gasteiger charge is -2.01. The molecular formula is C10H6FN3O3S. The van der Waals surface area contributed by atoms with Gasteiger partial charge in [0.1, 0.15) is 0 Å². The maximum Gasteiger partial charge on any atom is 0.305 e. The minimum Gasteiger partial charge on any atom is -0.298 e. The summed E-state index contributed by atoms with van der Waals surface area (Å²) in [6, 6.07) is 2.94. The van der Waals surface area contributed by atoms with Crippen LogP contribution < -0.4 is 5.32 Å². The molecule has 1 aromatic carbocycles. The molecule has 1 aromatic heterocycles. The molecule has 6 nitrogen and oxygen atoms in total. The summed E-state index contributed by atoms with van der Waals surface area (Å²) in [5, 5.41) is 15.0. The third-order valence-electron chi connectivity index (χ3n) is 2.06. The van der Waals surface area contributed by atoms with E-state index in [0.717, 1.165) is 12.1 Å². The fourth-order valence-electron chi connectivity index (χ4n) is 1.25. The molecule has 1 amide bonds. The van der Waals surface area contributed by atoms with E-state index in [1.165, 1.54) is 23.6 Å². The third kappa shape index (κ3) is 2.48. The number of rotatable bonds is 3. The molecule has 0 unspecified atom stereocenters. The van der Waals surface area contributed by atoms with Crippen molar-refractivity contribution in [2.45, 2.75) is 0 Å². The summed E-state index contributed by atoms with van der Waals surface area (Å²) in [4.78, 5) is 25.2. The van der Waals surface area contributed by atoms with Crippen LogP contribution in [-0.4, -0.2) is 15.8 Å². The van der Waals surface area contributed by atoms with Crippen molar-refractivity contribution in [3.8, 4) is 0 Å². The molecule has 1 heterocycles. The van der Waals surface area contributed by atoms with Crippen LogP contribution >= 0.6 is 11.3 Å². The molecule has 0 fully saturated rings. The second-order valence-corrected chi connectivity index (χ2v) is 4.11. The second kappa shape index (κ2) is 4.88. The summed E-state index contributed by atoms with van der Waals surface area (Å²) in [6.07, 6.45) is 1.51. The van der Waals surface area contributed by atoms with E-state index in [0.29, 0.717) is 5.13 Å². The molecule has 0 aliphatic carbocycles. The van der Waals surface area contributed by atoms with Gasteiger partial charge < -0.3 is 0 Å². The van der Waals surface area contributed by atoms with Crippen LogP contribution in [-0.2, 0) is 0 Å². The molecule has 2 rings (SSSR count). The topological polar surface area (TPSA) is 85.1 Å². The van der Waals surface area contributed by atoms with E-state index >= 15 is 0 Å². The van der Waals surface area contributed by atoms with Gasteiger partial charge in [-0.25, -0.2) is 4.98 Å². The number of thiazole rings is 1. The zero-order valence-electron chi connectivity index (χ0n) is 8.79. The summed E-state index contributed by atoms with van der Waals surface area (Å²) >= 11 is 1.21. The Morgan fingerprint density at radius 1 is 1.50 bits per heavy atom. The first-order valence-electron chi connectivity index (χ1n) is 4.72. The van der Waals surface area contributed by atoms with Crippen molar-refractivity contribution in [2.75, 3.05) is 5.32 Å². The van der Waals surface area contributed by atoms with Crippen molar-refractivity contribution >= 4 is 28.1 Å². The van der Waals surface area contributed by atoms with Crippen LogP contribution in [0.5, 0.6) is 0 Å². The lowest BCUT2D eigenvalue weighted by Crippen LogP contribution is -2.12. The van der Waals surface area contributed by atoms with Crippen LogP contribution in [0.1, 0.15) is 10.4 Å². The van der Waals surface area contributed by atoms with Gasteiger partial charge in [-0.2, -0.15) is 4.39 Å². The zero-order valence-corrected chi connectivity index (χ0v) is 9.61. The molecule has 0 radical (unpaired) electrons. The Hall–Kier alpha value is -2.35. The SMILES string of the molecule is O=C(Nc1nccs1)c1ccc(F)c([N+](=O)[O-])c1. The zero-order chi connectivity index (χ0) is 13.1. The number of nitro benzene ring substituents is 1. The number of nitrogens with one attached hydrogen (secondary N) is 1. The van der Waals surface area contributed by atoms with Gasteiger partial charge in [0.25, 0.3) is 5.91 Å². The predicted octanol–water partition coefficient (Wildman–Crippen LogP) is 2.44. The van der Waals surface area contributed by atoms with E-state index in [4.69, 9.17) is 0 Å². The number of carbonyl (C=O) groups is 1. The molecule has 92 valence electrons. The van der Waals surface area contributed by atoms with Gasteiger partial charge in [-0.1, -0.05) is 0 Å². The van der Waals surface area contributed by atoms with E-state index in [1.54, 1.807) is 5.38 Å². The van der Waals surface area contributed by atoms with Gasteiger partial charge in [0, 0.05) is 23.2 Å². The number of halogens is 1. The molecule has 0 aliphatic rings. The Bertz CT molecular complexity index is 600. The second-order valence-electron chi connectivity index (χ2n) is 3.21. The highest BCUT2D eigenvalue weighted by Gasteiger charge is 2.17. The molecule has 0 bridgehead atoms. The summed E-state index contributed by atoms with van der Waals surface area (Å²) in [5.41, 5.74) is -0.736. The number of hydrogen-bond acceptors (Lipinski definition) is 5. The first-order valence-corrected chi connectivity index (χ1v) is 5.60. The molecule has 1 N–H and O–H groups in total. The molecular weight excluding hydrogens is 261 g/mol. The highest BCUT2D eigenvalue weighted by Crippen LogP contribution is 2.19. The Balaban J connectivity index is 2.26. The maximum absolute atomic E-state index is 13.1. The molecule has 0 aliphatic heterocycles. The van der Waals surface area contributed by atoms with Gasteiger partial charge >= 0.3 is 5.69 Å². The van der Waals surface area contributed by atoms with E-state index < -0.39 is 22.3 Å². The molecule has 0 atom stereocenters. The van der Waals surface area contributed by atoms with Gasteiger partial charge in [-0.05, 0) is 12.1 Å². The summed E-state index contributed by atoms with van der Waals surface area (Å²) < 4.78 is 13.1. The van der Waals surface area contributed by atoms with Crippen LogP contribution in [0.4, 0.5) is 15.2 Å². The lowest BCUT2D eigenvalue weighted by molar-refractivity contribution is -0.387. The first-order chi connectivity index (χ1) is 8.58. The standard InChI is InChI=1S/C10H6FN3O3S/c11-7-2-1-6(5-8(7)14(16)17)9(15)13-10-12-3-4-18-10/h1-5H,(H,12,13,15). The number of nitro groups is 1. The number of benzene rings is 1. The quantitative estimate of drug-likeness (QED) is 0.683. The molecule has 0 saturated heterocycles. The Morgan fingerprint density at radius 3 is 2.89 bits per heavy atom. The van der Waals surface area contributed by atoms with Crippen LogP contribution in [0.25, 0.3) is 0 Å². The van der Waals surface area contributed by atoms with Crippen LogP contribution in [0.3, 0.4) is 0 Å². The van der Waals surface area contributed by atoms with Crippen molar-refractivity contribution in [3.63, 3.8) is 0 Å². The van der Waals surface area contributed by atoms with Gasteiger partial charge in [-0.15, -0.1) is 11.3 Å². The van der Waals surface area contributed by atoms with E-state index in [-0.39, 0.29) is 5.56 Å². The monoisotopic (exact) mass is 267 g/mol. The number of nitrogens with zero attached hydrogens (tertiary/aromatic N) is 2. The normalized spacial score (nSPS) is 10.1. The summed E-state index contributed by atoms with van der Waals surface area (Å²) in [5.74, 6) is -1.56. The van der Waals surface area contributed by atoms with Crippen molar-refractivity contribution in [1.82, 2.24) is 4.98 Å². The minimum atomic E-state index is -0.981. The molecule has 2 aromatic rings. The van der Waals surface area contributed by atoms with Crippen LogP contribution in [0.2, 0.25) is 0 Å². The number of anilines is 1. The van der Waals surface area contributed by atoms with Crippen LogP contribution in [0, 0.1) is 15.9 Å². The van der Waals surface area contributed by atoms with Crippen molar-refractivity contribution in [3.05, 3.63) is 51.3 Å². The molecule has 0 saturated carbocycles. The van der Waals surface area contributed by atoms with Gasteiger partial charge in [-0.3, -0.25) is 20.2 Å². The smallest absolute Gasteiger partial charge is 0.298 e. The van der Waals surface area contributed by atoms with Crippen molar-refractivity contribution in [1.29, 1.82) is 0 Å². The van der Waals surface area contributed by atoms with E-state index in [2.05, 4.69) is 10.3 Å².